The van der Waals surface area contributed by atoms with Crippen molar-refractivity contribution in [2.75, 3.05) is 13.2 Å². The van der Waals surface area contributed by atoms with E-state index >= 15 is 0 Å². The zero-order chi connectivity index (χ0) is 16.0. The Labute approximate surface area is 125 Å². The van der Waals surface area contributed by atoms with Crippen LogP contribution in [-0.2, 0) is 6.54 Å². The van der Waals surface area contributed by atoms with Gasteiger partial charge >= 0.3 is 6.18 Å². The van der Waals surface area contributed by atoms with E-state index in [-0.39, 0.29) is 18.4 Å². The van der Waals surface area contributed by atoms with Crippen LogP contribution in [0.4, 0.5) is 13.2 Å². The van der Waals surface area contributed by atoms with Gasteiger partial charge in [-0.3, -0.25) is 0 Å². The zero-order valence-electron chi connectivity index (χ0n) is 11.6. The van der Waals surface area contributed by atoms with Crippen molar-refractivity contribution in [1.29, 1.82) is 0 Å². The molecule has 1 unspecified atom stereocenters. The summed E-state index contributed by atoms with van der Waals surface area (Å²) in [6.07, 6.45) is -2.86. The molecule has 1 atom stereocenters. The van der Waals surface area contributed by atoms with E-state index < -0.39 is 12.8 Å². The van der Waals surface area contributed by atoms with Gasteiger partial charge in [-0.2, -0.15) is 13.2 Å². The molecule has 0 aliphatic heterocycles. The van der Waals surface area contributed by atoms with Crippen molar-refractivity contribution in [3.05, 3.63) is 54.0 Å². The van der Waals surface area contributed by atoms with E-state index in [4.69, 9.17) is 9.15 Å². The van der Waals surface area contributed by atoms with Crippen molar-refractivity contribution in [3.8, 4) is 5.75 Å². The molecule has 2 N–H and O–H groups in total. The first-order chi connectivity index (χ1) is 10.5. The van der Waals surface area contributed by atoms with Crippen molar-refractivity contribution < 1.29 is 27.4 Å². The molecule has 0 fully saturated rings. The van der Waals surface area contributed by atoms with Crippen molar-refractivity contribution in [3.63, 3.8) is 0 Å². The molecule has 0 aliphatic carbocycles. The van der Waals surface area contributed by atoms with Crippen LogP contribution < -0.4 is 10.1 Å². The highest BCUT2D eigenvalue weighted by molar-refractivity contribution is 5.28. The topological polar surface area (TPSA) is 54.6 Å². The van der Waals surface area contributed by atoms with Crippen LogP contribution in [0, 0.1) is 0 Å². The fraction of sp³-hybridized carbons (Fsp3) is 0.333. The van der Waals surface area contributed by atoms with E-state index in [0.717, 1.165) is 5.56 Å². The number of halogens is 3. The van der Waals surface area contributed by atoms with Crippen LogP contribution in [0.5, 0.6) is 5.75 Å². The normalized spacial score (nSPS) is 13.1. The smallest absolute Gasteiger partial charge is 0.422 e. The fourth-order valence-corrected chi connectivity index (χ4v) is 1.90. The van der Waals surface area contributed by atoms with Crippen LogP contribution in [0.15, 0.2) is 47.1 Å². The maximum absolute atomic E-state index is 12.1. The molecule has 0 amide bonds. The van der Waals surface area contributed by atoms with E-state index in [9.17, 15) is 18.3 Å². The number of benzene rings is 1. The largest absolute Gasteiger partial charge is 0.484 e. The van der Waals surface area contributed by atoms with E-state index in [1.807, 2.05) is 0 Å². The Morgan fingerprint density at radius 2 is 2.05 bits per heavy atom. The first-order valence-corrected chi connectivity index (χ1v) is 6.64. The van der Waals surface area contributed by atoms with Crippen molar-refractivity contribution in [2.24, 2.45) is 0 Å². The Morgan fingerprint density at radius 1 is 1.23 bits per heavy atom. The number of aliphatic hydroxyl groups is 1. The summed E-state index contributed by atoms with van der Waals surface area (Å²) in [5, 5.41) is 12.4. The second-order valence-electron chi connectivity index (χ2n) is 4.68. The second-order valence-corrected chi connectivity index (χ2v) is 4.68. The van der Waals surface area contributed by atoms with E-state index in [1.54, 1.807) is 24.3 Å². The SMILES string of the molecule is OCC(NCc1cccc(OCC(F)(F)F)c1)c1ccco1. The zero-order valence-corrected chi connectivity index (χ0v) is 11.6. The molecule has 4 nitrogen and oxygen atoms in total. The Morgan fingerprint density at radius 3 is 2.68 bits per heavy atom. The van der Waals surface area contributed by atoms with Crippen molar-refractivity contribution in [2.45, 2.75) is 18.8 Å². The van der Waals surface area contributed by atoms with Gasteiger partial charge in [-0.25, -0.2) is 0 Å². The highest BCUT2D eigenvalue weighted by Gasteiger charge is 2.28. The maximum Gasteiger partial charge on any atom is 0.422 e. The molecule has 22 heavy (non-hydrogen) atoms. The lowest BCUT2D eigenvalue weighted by Gasteiger charge is -2.14. The Bertz CT molecular complexity index is 570. The Hall–Kier alpha value is -1.99. The quantitative estimate of drug-likeness (QED) is 0.824. The summed E-state index contributed by atoms with van der Waals surface area (Å²) in [6, 6.07) is 9.42. The van der Waals surface area contributed by atoms with Crippen LogP contribution in [-0.4, -0.2) is 24.5 Å². The molecular weight excluding hydrogens is 299 g/mol. The number of aliphatic hydroxyl groups excluding tert-OH is 1. The summed E-state index contributed by atoms with van der Waals surface area (Å²) in [6.45, 7) is -1.12. The lowest BCUT2D eigenvalue weighted by atomic mass is 10.2. The predicted octanol–water partition coefficient (Wildman–Crippen LogP) is 3.04. The van der Waals surface area contributed by atoms with Gasteiger partial charge in [0.05, 0.1) is 18.9 Å². The average Bonchev–Trinajstić information content (AvgIpc) is 3.00. The van der Waals surface area contributed by atoms with Gasteiger partial charge in [0.2, 0.25) is 0 Å². The Balaban J connectivity index is 1.92. The molecule has 2 rings (SSSR count). The molecule has 2 aromatic rings. The number of hydrogen-bond donors (Lipinski definition) is 2. The monoisotopic (exact) mass is 315 g/mol. The fourth-order valence-electron chi connectivity index (χ4n) is 1.90. The van der Waals surface area contributed by atoms with E-state index in [2.05, 4.69) is 5.32 Å². The van der Waals surface area contributed by atoms with Crippen molar-refractivity contribution >= 4 is 0 Å². The van der Waals surface area contributed by atoms with Gasteiger partial charge in [0.25, 0.3) is 0 Å². The van der Waals surface area contributed by atoms with Gasteiger partial charge < -0.3 is 19.6 Å². The third kappa shape index (κ3) is 5.09. The summed E-state index contributed by atoms with van der Waals surface area (Å²) < 4.78 is 46.3. The number of nitrogens with one attached hydrogen (secondary N) is 1. The third-order valence-electron chi connectivity index (χ3n) is 2.92. The summed E-state index contributed by atoms with van der Waals surface area (Å²) in [4.78, 5) is 0. The summed E-state index contributed by atoms with van der Waals surface area (Å²) in [5.74, 6) is 0.738. The molecule has 0 aliphatic rings. The lowest BCUT2D eigenvalue weighted by Crippen LogP contribution is -2.23. The Kier molecular flexibility index (Phi) is 5.46. The van der Waals surface area contributed by atoms with Gasteiger partial charge in [-0.15, -0.1) is 0 Å². The van der Waals surface area contributed by atoms with Crippen LogP contribution >= 0.6 is 0 Å². The first-order valence-electron chi connectivity index (χ1n) is 6.64. The molecule has 0 radical (unpaired) electrons. The highest BCUT2D eigenvalue weighted by atomic mass is 19.4. The van der Waals surface area contributed by atoms with Gasteiger partial charge in [0, 0.05) is 6.54 Å². The minimum absolute atomic E-state index is 0.148. The minimum Gasteiger partial charge on any atom is -0.484 e. The predicted molar refractivity (Wildman–Crippen MR) is 73.4 cm³/mol. The molecule has 1 aromatic carbocycles. The van der Waals surface area contributed by atoms with Gasteiger partial charge in [-0.05, 0) is 29.8 Å². The molecule has 1 aromatic heterocycles. The molecule has 0 bridgehead atoms. The molecule has 120 valence electrons. The second kappa shape index (κ2) is 7.33. The standard InChI is InChI=1S/C15H16F3NO3/c16-15(17,18)10-22-12-4-1-3-11(7-12)8-19-13(9-20)14-5-2-6-21-14/h1-7,13,19-20H,8-10H2. The van der Waals surface area contributed by atoms with Crippen LogP contribution in [0.1, 0.15) is 17.4 Å². The van der Waals surface area contributed by atoms with E-state index in [1.165, 1.54) is 18.4 Å². The molecule has 0 saturated heterocycles. The van der Waals surface area contributed by atoms with Gasteiger partial charge in [-0.1, -0.05) is 12.1 Å². The average molecular weight is 315 g/mol. The number of rotatable bonds is 7. The van der Waals surface area contributed by atoms with Crippen LogP contribution in [0.25, 0.3) is 0 Å². The third-order valence-corrected chi connectivity index (χ3v) is 2.92. The van der Waals surface area contributed by atoms with E-state index in [0.29, 0.717) is 12.3 Å². The van der Waals surface area contributed by atoms with Crippen LogP contribution in [0.2, 0.25) is 0 Å². The van der Waals surface area contributed by atoms with Crippen LogP contribution in [0.3, 0.4) is 0 Å². The molecule has 0 saturated carbocycles. The molecular formula is C15H16F3NO3. The molecule has 0 spiro atoms. The number of ether oxygens (including phenoxy) is 1. The lowest BCUT2D eigenvalue weighted by molar-refractivity contribution is -0.153. The number of hydrogen-bond acceptors (Lipinski definition) is 4. The summed E-state index contributed by atoms with van der Waals surface area (Å²) in [5.41, 5.74) is 0.740. The summed E-state index contributed by atoms with van der Waals surface area (Å²) in [7, 11) is 0. The molecule has 1 heterocycles. The number of furan rings is 1. The number of alkyl halides is 3. The molecule has 7 heteroatoms. The minimum atomic E-state index is -4.37. The highest BCUT2D eigenvalue weighted by Crippen LogP contribution is 2.20. The van der Waals surface area contributed by atoms with Gasteiger partial charge in [0.1, 0.15) is 11.5 Å². The van der Waals surface area contributed by atoms with Crippen molar-refractivity contribution in [1.82, 2.24) is 5.32 Å². The maximum atomic E-state index is 12.1. The summed E-state index contributed by atoms with van der Waals surface area (Å²) >= 11 is 0. The van der Waals surface area contributed by atoms with Gasteiger partial charge in [0.15, 0.2) is 6.61 Å². The first kappa shape index (κ1) is 16.4.